The molecule has 4 fully saturated rings. The number of nitrogens with zero attached hydrogens (tertiary/aromatic N) is 1. The molecule has 0 aromatic rings. The maximum absolute atomic E-state index is 12.5. The molecule has 1 aliphatic heterocycles. The highest BCUT2D eigenvalue weighted by molar-refractivity contribution is 6.19. The summed E-state index contributed by atoms with van der Waals surface area (Å²) in [5, 5.41) is 0. The molecular formula is C16H21NO2. The second-order valence-corrected chi connectivity index (χ2v) is 7.37. The summed E-state index contributed by atoms with van der Waals surface area (Å²) in [6, 6.07) is 0. The van der Waals surface area contributed by atoms with Gasteiger partial charge in [0.15, 0.2) is 0 Å². The summed E-state index contributed by atoms with van der Waals surface area (Å²) in [6.45, 7) is 1.86. The van der Waals surface area contributed by atoms with Crippen molar-refractivity contribution in [1.29, 1.82) is 0 Å². The molecule has 5 rings (SSSR count). The topological polar surface area (TPSA) is 37.4 Å². The van der Waals surface area contributed by atoms with Crippen LogP contribution in [-0.2, 0) is 9.59 Å². The van der Waals surface area contributed by atoms with E-state index in [0.717, 1.165) is 48.2 Å². The maximum atomic E-state index is 12.5. The zero-order valence-corrected chi connectivity index (χ0v) is 11.7. The van der Waals surface area contributed by atoms with Crippen LogP contribution >= 0.6 is 0 Å². The van der Waals surface area contributed by atoms with Crippen molar-refractivity contribution in [3.8, 4) is 0 Å². The number of imide groups is 1. The van der Waals surface area contributed by atoms with Gasteiger partial charge in [-0.1, -0.05) is 0 Å². The van der Waals surface area contributed by atoms with Gasteiger partial charge in [0.2, 0.25) is 0 Å². The Morgan fingerprint density at radius 3 is 1.79 bits per heavy atom. The first-order valence-corrected chi connectivity index (χ1v) is 7.54. The lowest BCUT2D eigenvalue weighted by Gasteiger charge is -2.57. The van der Waals surface area contributed by atoms with Crippen LogP contribution in [0.1, 0.15) is 45.4 Å². The summed E-state index contributed by atoms with van der Waals surface area (Å²) < 4.78 is 0. The van der Waals surface area contributed by atoms with E-state index < -0.39 is 0 Å². The fourth-order valence-electron chi connectivity index (χ4n) is 5.82. The van der Waals surface area contributed by atoms with Crippen molar-refractivity contribution in [2.45, 2.75) is 45.4 Å². The van der Waals surface area contributed by atoms with Crippen molar-refractivity contribution in [2.24, 2.45) is 23.2 Å². The third kappa shape index (κ3) is 1.39. The highest BCUT2D eigenvalue weighted by atomic mass is 16.2. The molecule has 102 valence electrons. The summed E-state index contributed by atoms with van der Waals surface area (Å²) >= 11 is 0. The standard InChI is InChI=1S/C16H21NO2/c1-9-13(15(19)17(2)14(9)18)16-6-10-3-11(7-16)5-12(4-10)8-16/h10-12H,3-8H2,1-2H3. The molecule has 3 heteroatoms. The molecule has 0 N–H and O–H groups in total. The van der Waals surface area contributed by atoms with E-state index in [1.54, 1.807) is 7.05 Å². The molecular weight excluding hydrogens is 238 g/mol. The molecule has 0 atom stereocenters. The van der Waals surface area contributed by atoms with Gasteiger partial charge < -0.3 is 0 Å². The van der Waals surface area contributed by atoms with Crippen molar-refractivity contribution in [2.75, 3.05) is 7.05 Å². The molecule has 2 amide bonds. The smallest absolute Gasteiger partial charge is 0.257 e. The van der Waals surface area contributed by atoms with E-state index in [1.165, 1.54) is 24.2 Å². The average Bonchev–Trinajstić information content (AvgIpc) is 2.52. The first-order chi connectivity index (χ1) is 9.00. The Hall–Kier alpha value is -1.12. The SMILES string of the molecule is CC1=C(C23CC4CC(CC(C4)C2)C3)C(=O)N(C)C1=O. The number of hydrogen-bond acceptors (Lipinski definition) is 2. The summed E-state index contributed by atoms with van der Waals surface area (Å²) in [7, 11) is 1.63. The normalized spacial score (nSPS) is 44.7. The summed E-state index contributed by atoms with van der Waals surface area (Å²) in [5.41, 5.74) is 1.67. The first-order valence-electron chi connectivity index (χ1n) is 7.54. The summed E-state index contributed by atoms with van der Waals surface area (Å²) in [5.74, 6) is 2.33. The van der Waals surface area contributed by atoms with Gasteiger partial charge in [-0.2, -0.15) is 0 Å². The predicted octanol–water partition coefficient (Wildman–Crippen LogP) is 2.52. The van der Waals surface area contributed by atoms with Crippen LogP contribution in [0.25, 0.3) is 0 Å². The minimum absolute atomic E-state index is 0.00977. The minimum atomic E-state index is -0.0734. The monoisotopic (exact) mass is 259 g/mol. The number of hydrogen-bond donors (Lipinski definition) is 0. The fraction of sp³-hybridized carbons (Fsp3) is 0.750. The minimum Gasteiger partial charge on any atom is -0.278 e. The lowest BCUT2D eigenvalue weighted by Crippen LogP contribution is -2.48. The third-order valence-electron chi connectivity index (χ3n) is 6.09. The predicted molar refractivity (Wildman–Crippen MR) is 71.1 cm³/mol. The maximum Gasteiger partial charge on any atom is 0.257 e. The van der Waals surface area contributed by atoms with Crippen molar-refractivity contribution in [3.63, 3.8) is 0 Å². The largest absolute Gasteiger partial charge is 0.278 e. The molecule has 0 aromatic carbocycles. The van der Waals surface area contributed by atoms with Crippen LogP contribution in [0.5, 0.6) is 0 Å². The van der Waals surface area contributed by atoms with Crippen molar-refractivity contribution in [1.82, 2.24) is 4.90 Å². The first kappa shape index (κ1) is 11.7. The Balaban J connectivity index is 1.80. The van der Waals surface area contributed by atoms with Gasteiger partial charge in [-0.25, -0.2) is 0 Å². The molecule has 4 aliphatic carbocycles. The highest BCUT2D eigenvalue weighted by Gasteiger charge is 2.56. The van der Waals surface area contributed by atoms with E-state index in [2.05, 4.69) is 0 Å². The molecule has 0 spiro atoms. The molecule has 0 aromatic heterocycles. The van der Waals surface area contributed by atoms with E-state index in [0.29, 0.717) is 0 Å². The Morgan fingerprint density at radius 1 is 0.947 bits per heavy atom. The Bertz CT molecular complexity index is 482. The second kappa shape index (κ2) is 3.50. The zero-order chi connectivity index (χ0) is 13.4. The lowest BCUT2D eigenvalue weighted by molar-refractivity contribution is -0.137. The quantitative estimate of drug-likeness (QED) is 0.679. The van der Waals surface area contributed by atoms with Gasteiger partial charge in [0.25, 0.3) is 11.8 Å². The molecule has 19 heavy (non-hydrogen) atoms. The van der Waals surface area contributed by atoms with E-state index in [4.69, 9.17) is 0 Å². The lowest BCUT2D eigenvalue weighted by atomic mass is 9.47. The average molecular weight is 259 g/mol. The number of amides is 2. The molecule has 5 aliphatic rings. The van der Waals surface area contributed by atoms with Gasteiger partial charge in [-0.3, -0.25) is 14.5 Å². The van der Waals surface area contributed by atoms with Gasteiger partial charge in [0.1, 0.15) is 0 Å². The van der Waals surface area contributed by atoms with Crippen LogP contribution in [0.15, 0.2) is 11.1 Å². The van der Waals surface area contributed by atoms with E-state index in [9.17, 15) is 9.59 Å². The van der Waals surface area contributed by atoms with Crippen LogP contribution in [0.2, 0.25) is 0 Å². The van der Waals surface area contributed by atoms with Crippen molar-refractivity contribution < 1.29 is 9.59 Å². The molecule has 0 saturated heterocycles. The number of likely N-dealkylation sites (N-methyl/N-ethyl adjacent to an activating group) is 1. The molecule has 4 bridgehead atoms. The Kier molecular flexibility index (Phi) is 2.15. The third-order valence-corrected chi connectivity index (χ3v) is 6.09. The van der Waals surface area contributed by atoms with Gasteiger partial charge in [0.05, 0.1) is 0 Å². The summed E-state index contributed by atoms with van der Waals surface area (Å²) in [6.07, 6.45) is 7.55. The van der Waals surface area contributed by atoms with Gasteiger partial charge >= 0.3 is 0 Å². The van der Waals surface area contributed by atoms with Crippen LogP contribution in [0, 0.1) is 23.2 Å². The molecule has 1 heterocycles. The van der Waals surface area contributed by atoms with Gasteiger partial charge in [-0.15, -0.1) is 0 Å². The van der Waals surface area contributed by atoms with Gasteiger partial charge in [0, 0.05) is 23.6 Å². The Labute approximate surface area is 114 Å². The molecule has 4 saturated carbocycles. The highest BCUT2D eigenvalue weighted by Crippen LogP contribution is 2.63. The van der Waals surface area contributed by atoms with E-state index >= 15 is 0 Å². The van der Waals surface area contributed by atoms with Crippen molar-refractivity contribution in [3.05, 3.63) is 11.1 Å². The summed E-state index contributed by atoms with van der Waals surface area (Å²) in [4.78, 5) is 25.9. The van der Waals surface area contributed by atoms with Crippen LogP contribution in [-0.4, -0.2) is 23.8 Å². The zero-order valence-electron chi connectivity index (χ0n) is 11.7. The second-order valence-electron chi connectivity index (χ2n) is 7.37. The van der Waals surface area contributed by atoms with Crippen LogP contribution in [0.4, 0.5) is 0 Å². The molecule has 3 nitrogen and oxygen atoms in total. The van der Waals surface area contributed by atoms with Crippen molar-refractivity contribution >= 4 is 11.8 Å². The number of rotatable bonds is 1. The Morgan fingerprint density at radius 2 is 1.42 bits per heavy atom. The number of carbonyl (C=O) groups excluding carboxylic acids is 2. The van der Waals surface area contributed by atoms with Crippen LogP contribution < -0.4 is 0 Å². The van der Waals surface area contributed by atoms with Crippen LogP contribution in [0.3, 0.4) is 0 Å². The van der Waals surface area contributed by atoms with Gasteiger partial charge in [-0.05, 0) is 63.2 Å². The fourth-order valence-corrected chi connectivity index (χ4v) is 5.82. The number of carbonyl (C=O) groups is 2. The molecule has 0 radical (unpaired) electrons. The van der Waals surface area contributed by atoms with E-state index in [1.807, 2.05) is 6.92 Å². The van der Waals surface area contributed by atoms with E-state index in [-0.39, 0.29) is 17.2 Å². The molecule has 0 unspecified atom stereocenters.